The van der Waals surface area contributed by atoms with Crippen LogP contribution in [0, 0.1) is 0 Å². The van der Waals surface area contributed by atoms with Gasteiger partial charge in [-0.2, -0.15) is 0 Å². The summed E-state index contributed by atoms with van der Waals surface area (Å²) in [5.74, 6) is 0. The van der Waals surface area contributed by atoms with Gasteiger partial charge in [-0.1, -0.05) is 37.3 Å². The van der Waals surface area contributed by atoms with E-state index < -0.39 is 0 Å². The van der Waals surface area contributed by atoms with E-state index in [1.165, 1.54) is 46.7 Å². The summed E-state index contributed by atoms with van der Waals surface area (Å²) in [5.41, 5.74) is 4.52. The number of nitrogens with one attached hydrogen (secondary N) is 1. The lowest BCUT2D eigenvalue weighted by Gasteiger charge is -2.17. The first kappa shape index (κ1) is 11.7. The highest BCUT2D eigenvalue weighted by atomic mass is 14.9. The SMILES string of the molecule is CCCNC(C)c1ccc2c3c(cccc13)CC2. The maximum absolute atomic E-state index is 3.60. The molecular formula is C17H21N. The van der Waals surface area contributed by atoms with E-state index in [4.69, 9.17) is 0 Å². The van der Waals surface area contributed by atoms with Crippen LogP contribution in [0.3, 0.4) is 0 Å². The van der Waals surface area contributed by atoms with Gasteiger partial charge >= 0.3 is 0 Å². The third kappa shape index (κ3) is 1.83. The van der Waals surface area contributed by atoms with Crippen molar-refractivity contribution >= 4 is 10.8 Å². The number of benzene rings is 2. The molecule has 3 rings (SSSR count). The Kier molecular flexibility index (Phi) is 3.09. The van der Waals surface area contributed by atoms with Crippen LogP contribution in [0.1, 0.15) is 43.0 Å². The Labute approximate surface area is 109 Å². The second-order valence-electron chi connectivity index (χ2n) is 5.33. The van der Waals surface area contributed by atoms with Gasteiger partial charge in [0.1, 0.15) is 0 Å². The Bertz CT molecular complexity index is 561. The summed E-state index contributed by atoms with van der Waals surface area (Å²) in [7, 11) is 0. The van der Waals surface area contributed by atoms with Gasteiger partial charge in [-0.3, -0.25) is 0 Å². The average Bonchev–Trinajstić information content (AvgIpc) is 2.82. The van der Waals surface area contributed by atoms with Gasteiger partial charge in [0.05, 0.1) is 0 Å². The maximum atomic E-state index is 3.60. The van der Waals surface area contributed by atoms with E-state index in [1.54, 1.807) is 0 Å². The molecule has 1 heteroatoms. The van der Waals surface area contributed by atoms with Crippen LogP contribution in [0.5, 0.6) is 0 Å². The standard InChI is InChI=1S/C17H21N/c1-3-11-18-12(2)15-10-9-14-8-7-13-5-4-6-16(15)17(13)14/h4-6,9-10,12,18H,3,7-8,11H2,1-2H3. The van der Waals surface area contributed by atoms with Crippen molar-refractivity contribution in [2.24, 2.45) is 0 Å². The molecule has 1 nitrogen and oxygen atoms in total. The quantitative estimate of drug-likeness (QED) is 0.850. The molecule has 0 aromatic heterocycles. The van der Waals surface area contributed by atoms with Gasteiger partial charge in [0.15, 0.2) is 0 Å². The molecule has 18 heavy (non-hydrogen) atoms. The van der Waals surface area contributed by atoms with Crippen molar-refractivity contribution in [3.63, 3.8) is 0 Å². The Hall–Kier alpha value is -1.34. The van der Waals surface area contributed by atoms with Crippen LogP contribution in [0.25, 0.3) is 10.8 Å². The van der Waals surface area contributed by atoms with E-state index >= 15 is 0 Å². The first-order valence-electron chi connectivity index (χ1n) is 7.08. The molecule has 1 N–H and O–H groups in total. The largest absolute Gasteiger partial charge is 0.310 e. The maximum Gasteiger partial charge on any atom is 0.0297 e. The van der Waals surface area contributed by atoms with Crippen molar-refractivity contribution in [2.75, 3.05) is 6.54 Å². The molecule has 1 unspecified atom stereocenters. The van der Waals surface area contributed by atoms with E-state index in [-0.39, 0.29) is 0 Å². The van der Waals surface area contributed by atoms with Crippen LogP contribution in [0.2, 0.25) is 0 Å². The fourth-order valence-corrected chi connectivity index (χ4v) is 3.12. The fourth-order valence-electron chi connectivity index (χ4n) is 3.12. The molecule has 0 aliphatic heterocycles. The zero-order chi connectivity index (χ0) is 12.5. The monoisotopic (exact) mass is 239 g/mol. The van der Waals surface area contributed by atoms with E-state index in [9.17, 15) is 0 Å². The Morgan fingerprint density at radius 3 is 2.67 bits per heavy atom. The first-order chi connectivity index (χ1) is 8.81. The summed E-state index contributed by atoms with van der Waals surface area (Å²) in [6.45, 7) is 5.58. The number of rotatable bonds is 4. The molecule has 0 bridgehead atoms. The third-order valence-corrected chi connectivity index (χ3v) is 4.08. The topological polar surface area (TPSA) is 12.0 Å². The highest BCUT2D eigenvalue weighted by molar-refractivity contribution is 5.93. The van der Waals surface area contributed by atoms with Gasteiger partial charge in [0.25, 0.3) is 0 Å². The van der Waals surface area contributed by atoms with E-state index in [1.807, 2.05) is 0 Å². The number of hydrogen-bond donors (Lipinski definition) is 1. The molecule has 0 saturated carbocycles. The van der Waals surface area contributed by atoms with E-state index in [0.29, 0.717) is 6.04 Å². The molecule has 94 valence electrons. The van der Waals surface area contributed by atoms with Crippen LogP contribution in [-0.4, -0.2) is 6.54 Å². The summed E-state index contributed by atoms with van der Waals surface area (Å²) in [6, 6.07) is 11.9. The molecule has 1 atom stereocenters. The van der Waals surface area contributed by atoms with Crippen LogP contribution in [0.4, 0.5) is 0 Å². The highest BCUT2D eigenvalue weighted by Crippen LogP contribution is 2.34. The molecule has 1 aliphatic carbocycles. The predicted octanol–water partition coefficient (Wildman–Crippen LogP) is 4.00. The number of aryl methyl sites for hydroxylation is 2. The first-order valence-corrected chi connectivity index (χ1v) is 7.08. The van der Waals surface area contributed by atoms with Crippen molar-refractivity contribution < 1.29 is 0 Å². The highest BCUT2D eigenvalue weighted by Gasteiger charge is 2.17. The minimum atomic E-state index is 0.440. The molecule has 0 heterocycles. The Morgan fingerprint density at radius 1 is 1.11 bits per heavy atom. The van der Waals surface area contributed by atoms with Crippen molar-refractivity contribution in [1.29, 1.82) is 0 Å². The lowest BCUT2D eigenvalue weighted by molar-refractivity contribution is 0.574. The Morgan fingerprint density at radius 2 is 1.89 bits per heavy atom. The molecule has 0 saturated heterocycles. The van der Waals surface area contributed by atoms with Crippen LogP contribution < -0.4 is 5.32 Å². The molecule has 0 amide bonds. The lowest BCUT2D eigenvalue weighted by atomic mass is 9.96. The normalized spacial score (nSPS) is 15.2. The third-order valence-electron chi connectivity index (χ3n) is 4.08. The fraction of sp³-hybridized carbons (Fsp3) is 0.412. The van der Waals surface area contributed by atoms with Crippen molar-refractivity contribution in [3.8, 4) is 0 Å². The zero-order valence-corrected chi connectivity index (χ0v) is 11.3. The minimum Gasteiger partial charge on any atom is -0.310 e. The number of hydrogen-bond acceptors (Lipinski definition) is 1. The summed E-state index contributed by atoms with van der Waals surface area (Å²) >= 11 is 0. The molecule has 1 aliphatic rings. The van der Waals surface area contributed by atoms with E-state index in [0.717, 1.165) is 6.54 Å². The minimum absolute atomic E-state index is 0.440. The van der Waals surface area contributed by atoms with Gasteiger partial charge in [0.2, 0.25) is 0 Å². The predicted molar refractivity (Wildman–Crippen MR) is 78.1 cm³/mol. The summed E-state index contributed by atoms with van der Waals surface area (Å²) in [4.78, 5) is 0. The zero-order valence-electron chi connectivity index (χ0n) is 11.3. The summed E-state index contributed by atoms with van der Waals surface area (Å²) in [6.07, 6.45) is 3.62. The van der Waals surface area contributed by atoms with Gasteiger partial charge < -0.3 is 5.32 Å². The van der Waals surface area contributed by atoms with Crippen LogP contribution in [-0.2, 0) is 12.8 Å². The smallest absolute Gasteiger partial charge is 0.0297 e. The summed E-state index contributed by atoms with van der Waals surface area (Å²) in [5, 5.41) is 6.59. The second kappa shape index (κ2) is 4.74. The van der Waals surface area contributed by atoms with Crippen molar-refractivity contribution in [2.45, 2.75) is 39.2 Å². The van der Waals surface area contributed by atoms with E-state index in [2.05, 4.69) is 49.5 Å². The van der Waals surface area contributed by atoms with Gasteiger partial charge in [-0.15, -0.1) is 0 Å². The molecule has 0 spiro atoms. The average molecular weight is 239 g/mol. The Balaban J connectivity index is 2.09. The van der Waals surface area contributed by atoms with Crippen LogP contribution in [0.15, 0.2) is 30.3 Å². The van der Waals surface area contributed by atoms with Crippen LogP contribution >= 0.6 is 0 Å². The molecule has 0 radical (unpaired) electrons. The molecule has 2 aromatic rings. The summed E-state index contributed by atoms with van der Waals surface area (Å²) < 4.78 is 0. The second-order valence-corrected chi connectivity index (χ2v) is 5.33. The van der Waals surface area contributed by atoms with Crippen molar-refractivity contribution in [3.05, 3.63) is 47.0 Å². The molecule has 0 fully saturated rings. The molecule has 2 aromatic carbocycles. The van der Waals surface area contributed by atoms with Gasteiger partial charge in [-0.25, -0.2) is 0 Å². The molecular weight excluding hydrogens is 218 g/mol. The van der Waals surface area contributed by atoms with Gasteiger partial charge in [0, 0.05) is 6.04 Å². The van der Waals surface area contributed by atoms with Crippen molar-refractivity contribution in [1.82, 2.24) is 5.32 Å². The lowest BCUT2D eigenvalue weighted by Crippen LogP contribution is -2.19. The van der Waals surface area contributed by atoms with Gasteiger partial charge in [-0.05, 0) is 60.2 Å².